The van der Waals surface area contributed by atoms with E-state index in [1.54, 1.807) is 36.2 Å². The Kier molecular flexibility index (Phi) is 7.92. The molecule has 4 aromatic rings. The van der Waals surface area contributed by atoms with E-state index in [1.165, 1.54) is 16.3 Å². The minimum absolute atomic E-state index is 0.150. The van der Waals surface area contributed by atoms with Gasteiger partial charge in [-0.2, -0.15) is 5.10 Å². The highest BCUT2D eigenvalue weighted by Crippen LogP contribution is 2.27. The summed E-state index contributed by atoms with van der Waals surface area (Å²) in [6.07, 6.45) is 0.327. The Hall–Kier alpha value is -4.44. The summed E-state index contributed by atoms with van der Waals surface area (Å²) in [6.45, 7) is 7.97. The molecule has 0 fully saturated rings. The summed E-state index contributed by atoms with van der Waals surface area (Å²) in [5, 5.41) is 10.9. The molecule has 2 N–H and O–H groups in total. The van der Waals surface area contributed by atoms with Crippen LogP contribution in [0.2, 0.25) is 5.02 Å². The average molecular weight is 588 g/mol. The first kappa shape index (κ1) is 29.1. The molecular formula is C31H34ClN7O3. The van der Waals surface area contributed by atoms with Crippen LogP contribution < -0.4 is 16.2 Å². The van der Waals surface area contributed by atoms with Gasteiger partial charge in [-0.05, 0) is 63.4 Å². The second-order valence-corrected chi connectivity index (χ2v) is 11.2. The largest absolute Gasteiger partial charge is 0.354 e. The number of fused-ring (bicyclic) bond motifs is 1. The van der Waals surface area contributed by atoms with E-state index in [0.29, 0.717) is 40.0 Å². The van der Waals surface area contributed by atoms with Gasteiger partial charge in [0.25, 0.3) is 17.4 Å². The predicted octanol–water partition coefficient (Wildman–Crippen LogP) is 4.36. The van der Waals surface area contributed by atoms with E-state index in [0.717, 1.165) is 16.7 Å². The van der Waals surface area contributed by atoms with Gasteiger partial charge < -0.3 is 15.5 Å². The lowest BCUT2D eigenvalue weighted by molar-refractivity contribution is 0.0653. The Morgan fingerprint density at radius 3 is 2.48 bits per heavy atom. The molecule has 0 saturated heterocycles. The van der Waals surface area contributed by atoms with Crippen molar-refractivity contribution >= 4 is 29.4 Å². The van der Waals surface area contributed by atoms with Crippen LogP contribution >= 0.6 is 11.6 Å². The molecular weight excluding hydrogens is 554 g/mol. The van der Waals surface area contributed by atoms with Crippen LogP contribution in [0.15, 0.2) is 53.3 Å². The number of aryl methyl sites for hydroxylation is 3. The zero-order valence-electron chi connectivity index (χ0n) is 24.5. The van der Waals surface area contributed by atoms with Crippen molar-refractivity contribution in [3.8, 4) is 5.82 Å². The fourth-order valence-electron chi connectivity index (χ4n) is 5.22. The van der Waals surface area contributed by atoms with Crippen molar-refractivity contribution in [1.82, 2.24) is 29.5 Å². The first-order chi connectivity index (χ1) is 20.0. The zero-order valence-corrected chi connectivity index (χ0v) is 25.3. The smallest absolute Gasteiger partial charge is 0.271 e. The number of hydrogen-bond acceptors (Lipinski definition) is 6. The number of anilines is 1. The number of hydrogen-bond donors (Lipinski definition) is 2. The third-order valence-electron chi connectivity index (χ3n) is 7.75. The first-order valence-electron chi connectivity index (χ1n) is 13.8. The Bertz CT molecular complexity index is 1740. The molecule has 10 nitrogen and oxygen atoms in total. The van der Waals surface area contributed by atoms with Crippen LogP contribution in [-0.2, 0) is 20.0 Å². The van der Waals surface area contributed by atoms with E-state index in [-0.39, 0.29) is 41.7 Å². The second-order valence-electron chi connectivity index (χ2n) is 10.8. The lowest BCUT2D eigenvalue weighted by Crippen LogP contribution is -2.46. The maximum atomic E-state index is 14.2. The Balaban J connectivity index is 1.60. The van der Waals surface area contributed by atoms with Gasteiger partial charge in [0, 0.05) is 42.4 Å². The van der Waals surface area contributed by atoms with Crippen molar-refractivity contribution in [2.75, 3.05) is 12.4 Å². The molecule has 2 aromatic carbocycles. The Morgan fingerprint density at radius 1 is 1.10 bits per heavy atom. The number of rotatable bonds is 6. The first-order valence-corrected chi connectivity index (χ1v) is 14.2. The monoisotopic (exact) mass is 587 g/mol. The molecule has 2 aromatic heterocycles. The van der Waals surface area contributed by atoms with E-state index in [1.807, 2.05) is 52.0 Å². The van der Waals surface area contributed by atoms with E-state index in [9.17, 15) is 14.4 Å². The van der Waals surface area contributed by atoms with Crippen LogP contribution in [0.1, 0.15) is 68.7 Å². The summed E-state index contributed by atoms with van der Waals surface area (Å²) >= 11 is 6.19. The second kappa shape index (κ2) is 11.4. The SMILES string of the molecule is CNC(=O)c1cc(-n2c(N[C@@H](C)c3ccc(C)cc3)nc3c(c2=O)C[C@@H](C)N(C(=O)c2ccc(Cl)c(C)c2)C3)n(C)n1. The predicted molar refractivity (Wildman–Crippen MR) is 162 cm³/mol. The van der Waals surface area contributed by atoms with Gasteiger partial charge in [-0.25, -0.2) is 9.55 Å². The van der Waals surface area contributed by atoms with Crippen LogP contribution in [0.25, 0.3) is 5.82 Å². The van der Waals surface area contributed by atoms with Crippen LogP contribution in [0, 0.1) is 13.8 Å². The molecule has 0 aliphatic carbocycles. The summed E-state index contributed by atoms with van der Waals surface area (Å²) in [5.74, 6) is 0.180. The number of amides is 2. The highest BCUT2D eigenvalue weighted by atomic mass is 35.5. The lowest BCUT2D eigenvalue weighted by atomic mass is 9.98. The Labute approximate surface area is 249 Å². The molecule has 0 unspecified atom stereocenters. The molecule has 0 spiro atoms. The zero-order chi connectivity index (χ0) is 30.3. The topological polar surface area (TPSA) is 114 Å². The molecule has 1 aliphatic rings. The van der Waals surface area contributed by atoms with Gasteiger partial charge in [0.2, 0.25) is 5.95 Å². The van der Waals surface area contributed by atoms with Crippen molar-refractivity contribution in [2.24, 2.45) is 7.05 Å². The minimum atomic E-state index is -0.362. The van der Waals surface area contributed by atoms with Gasteiger partial charge in [0.15, 0.2) is 5.69 Å². The number of halogens is 1. The van der Waals surface area contributed by atoms with E-state index in [2.05, 4.69) is 15.7 Å². The van der Waals surface area contributed by atoms with Gasteiger partial charge in [-0.1, -0.05) is 41.4 Å². The number of benzene rings is 2. The molecule has 1 aliphatic heterocycles. The molecule has 42 heavy (non-hydrogen) atoms. The number of aromatic nitrogens is 4. The van der Waals surface area contributed by atoms with Crippen molar-refractivity contribution < 1.29 is 9.59 Å². The lowest BCUT2D eigenvalue weighted by Gasteiger charge is -2.35. The third-order valence-corrected chi connectivity index (χ3v) is 8.17. The van der Waals surface area contributed by atoms with E-state index < -0.39 is 0 Å². The summed E-state index contributed by atoms with van der Waals surface area (Å²) in [7, 11) is 3.21. The molecule has 11 heteroatoms. The summed E-state index contributed by atoms with van der Waals surface area (Å²) in [6, 6.07) is 14.4. The Morgan fingerprint density at radius 2 is 1.81 bits per heavy atom. The van der Waals surface area contributed by atoms with Crippen LogP contribution in [0.3, 0.4) is 0 Å². The maximum absolute atomic E-state index is 14.2. The number of nitrogens with zero attached hydrogens (tertiary/aromatic N) is 5. The van der Waals surface area contributed by atoms with Gasteiger partial charge in [-0.15, -0.1) is 0 Å². The third kappa shape index (κ3) is 5.42. The van der Waals surface area contributed by atoms with Crippen LogP contribution in [0.5, 0.6) is 0 Å². The average Bonchev–Trinajstić information content (AvgIpc) is 3.35. The molecule has 3 heterocycles. The molecule has 0 saturated carbocycles. The summed E-state index contributed by atoms with van der Waals surface area (Å²) in [5.41, 5.74) is 4.46. The van der Waals surface area contributed by atoms with E-state index in [4.69, 9.17) is 16.6 Å². The van der Waals surface area contributed by atoms with Gasteiger partial charge in [0.05, 0.1) is 18.3 Å². The van der Waals surface area contributed by atoms with E-state index >= 15 is 0 Å². The fourth-order valence-corrected chi connectivity index (χ4v) is 5.34. The molecule has 0 radical (unpaired) electrons. The summed E-state index contributed by atoms with van der Waals surface area (Å²) < 4.78 is 2.96. The van der Waals surface area contributed by atoms with Crippen LogP contribution in [0.4, 0.5) is 5.95 Å². The van der Waals surface area contributed by atoms with Crippen molar-refractivity contribution in [2.45, 2.75) is 52.7 Å². The number of carbonyl (C=O) groups is 2. The van der Waals surface area contributed by atoms with Crippen molar-refractivity contribution in [3.63, 3.8) is 0 Å². The number of nitrogens with one attached hydrogen (secondary N) is 2. The standard InChI is InChI=1S/C31H34ClN7O3/c1-17-7-9-21(10-8-17)20(4)34-31-35-26-16-38(29(41)22-11-12-24(32)18(2)13-22)19(3)14-23(26)30(42)39(31)27-15-25(28(40)33-5)36-37(27)6/h7-13,15,19-20H,14,16H2,1-6H3,(H,33,40)(H,34,35)/t19-,20+/m1/s1. The fraction of sp³-hybridized carbons (Fsp3) is 0.323. The molecule has 2 atom stereocenters. The van der Waals surface area contributed by atoms with Crippen molar-refractivity contribution in [3.05, 3.63) is 103 Å². The quantitative estimate of drug-likeness (QED) is 0.347. The van der Waals surface area contributed by atoms with Crippen molar-refractivity contribution in [1.29, 1.82) is 0 Å². The van der Waals surface area contributed by atoms with Gasteiger partial charge >= 0.3 is 0 Å². The molecule has 5 rings (SSSR count). The normalized spacial score (nSPS) is 15.2. The highest BCUT2D eigenvalue weighted by molar-refractivity contribution is 6.31. The molecule has 2 amide bonds. The maximum Gasteiger partial charge on any atom is 0.271 e. The summed E-state index contributed by atoms with van der Waals surface area (Å²) in [4.78, 5) is 46.8. The molecule has 218 valence electrons. The minimum Gasteiger partial charge on any atom is -0.354 e. The highest BCUT2D eigenvalue weighted by Gasteiger charge is 2.33. The van der Waals surface area contributed by atoms with Crippen LogP contribution in [-0.4, -0.2) is 49.1 Å². The van der Waals surface area contributed by atoms with Gasteiger partial charge in [0.1, 0.15) is 5.82 Å². The number of carbonyl (C=O) groups excluding carboxylic acids is 2. The van der Waals surface area contributed by atoms with Gasteiger partial charge in [-0.3, -0.25) is 19.1 Å². The molecule has 0 bridgehead atoms.